The van der Waals surface area contributed by atoms with Crippen molar-refractivity contribution < 1.29 is 38.5 Å². The molecule has 1 aliphatic heterocycles. The molecule has 0 radical (unpaired) electrons. The fourth-order valence-electron chi connectivity index (χ4n) is 5.29. The molecule has 11 heteroatoms. The van der Waals surface area contributed by atoms with Gasteiger partial charge in [0.1, 0.15) is 29.3 Å². The van der Waals surface area contributed by atoms with Crippen molar-refractivity contribution in [3.05, 3.63) is 119 Å². The monoisotopic (exact) mass is 637 g/mol. The minimum atomic E-state index is -1.47. The number of carbonyl (C=O) groups excluding carboxylic acids is 4. The van der Waals surface area contributed by atoms with Crippen LogP contribution in [0.1, 0.15) is 28.3 Å². The van der Waals surface area contributed by atoms with Crippen LogP contribution in [0, 0.1) is 0 Å². The molecule has 0 saturated carbocycles. The molecule has 4 aromatic rings. The van der Waals surface area contributed by atoms with Crippen LogP contribution in [0.5, 0.6) is 17.2 Å². The summed E-state index contributed by atoms with van der Waals surface area (Å²) >= 11 is 0. The number of esters is 1. The second-order valence-corrected chi connectivity index (χ2v) is 11.0. The number of methoxy groups -OCH3 is 2. The van der Waals surface area contributed by atoms with Gasteiger partial charge in [0.05, 0.1) is 27.1 Å². The Balaban J connectivity index is 1.38. The Bertz CT molecular complexity index is 1730. The number of phenols is 1. The molecule has 0 bridgehead atoms. The molecule has 3 atom stereocenters. The number of carbonyl (C=O) groups is 4. The van der Waals surface area contributed by atoms with Gasteiger partial charge in [0.2, 0.25) is 17.9 Å². The maximum Gasteiger partial charge on any atom is 0.311 e. The second-order valence-electron chi connectivity index (χ2n) is 11.0. The third-order valence-electron chi connectivity index (χ3n) is 7.71. The highest BCUT2D eigenvalue weighted by atomic mass is 16.5. The predicted molar refractivity (Wildman–Crippen MR) is 173 cm³/mol. The highest BCUT2D eigenvalue weighted by Crippen LogP contribution is 2.35. The molecule has 242 valence electrons. The summed E-state index contributed by atoms with van der Waals surface area (Å²) in [6.45, 7) is 0. The Labute approximate surface area is 271 Å². The zero-order valence-electron chi connectivity index (χ0n) is 25.9. The quantitative estimate of drug-likeness (QED) is 0.136. The molecule has 4 N–H and O–H groups in total. The Morgan fingerprint density at radius 1 is 0.809 bits per heavy atom. The van der Waals surface area contributed by atoms with Crippen molar-refractivity contribution in [1.29, 1.82) is 0 Å². The molecule has 0 aromatic heterocycles. The average Bonchev–Trinajstić information content (AvgIpc) is 3.07. The number of hydrogen-bond donors (Lipinski definition) is 4. The molecule has 0 unspecified atom stereocenters. The standard InChI is InChI=1S/C36H35N3O8/c1-45-26-13-8-23(9-14-26)19-31(41)37-30(18-22-6-4-3-5-7-22)35(43)39-33-28-21-25(40)12-17-29(28)38-36(44)34(33)47-32(42)20-24-10-15-27(46-2)16-11-24/h3-17,21,30,33-34,40H,18-20H2,1-2H3,(H,37,41)(H,38,44)(H,39,43)/t30-,33-,34+/m0/s1. The van der Waals surface area contributed by atoms with Crippen molar-refractivity contribution in [3.8, 4) is 17.2 Å². The van der Waals surface area contributed by atoms with Gasteiger partial charge >= 0.3 is 5.97 Å². The Hall–Kier alpha value is -5.84. The van der Waals surface area contributed by atoms with E-state index < -0.39 is 41.9 Å². The third kappa shape index (κ3) is 8.46. The van der Waals surface area contributed by atoms with E-state index in [1.165, 1.54) is 25.3 Å². The summed E-state index contributed by atoms with van der Waals surface area (Å²) in [6, 6.07) is 25.0. The minimum Gasteiger partial charge on any atom is -0.508 e. The summed E-state index contributed by atoms with van der Waals surface area (Å²) in [5.41, 5.74) is 2.82. The Morgan fingerprint density at radius 3 is 2.04 bits per heavy atom. The van der Waals surface area contributed by atoms with E-state index in [4.69, 9.17) is 14.2 Å². The zero-order valence-corrected chi connectivity index (χ0v) is 25.9. The van der Waals surface area contributed by atoms with Gasteiger partial charge in [0.25, 0.3) is 5.91 Å². The summed E-state index contributed by atoms with van der Waals surface area (Å²) < 4.78 is 16.0. The number of anilines is 1. The number of ether oxygens (including phenoxy) is 3. The lowest BCUT2D eigenvalue weighted by molar-refractivity contribution is -0.156. The van der Waals surface area contributed by atoms with Gasteiger partial charge in [-0.3, -0.25) is 19.2 Å². The number of benzene rings is 4. The fraction of sp³-hybridized carbons (Fsp3) is 0.222. The third-order valence-corrected chi connectivity index (χ3v) is 7.71. The molecule has 0 spiro atoms. The number of fused-ring (bicyclic) bond motifs is 1. The van der Waals surface area contributed by atoms with E-state index in [1.807, 2.05) is 30.3 Å². The molecule has 5 rings (SSSR count). The number of rotatable bonds is 12. The molecule has 0 aliphatic carbocycles. The normalized spacial score (nSPS) is 15.7. The van der Waals surface area contributed by atoms with Crippen LogP contribution in [0.3, 0.4) is 0 Å². The molecule has 3 amide bonds. The predicted octanol–water partition coefficient (Wildman–Crippen LogP) is 3.64. The van der Waals surface area contributed by atoms with E-state index in [1.54, 1.807) is 55.6 Å². The number of hydrogen-bond acceptors (Lipinski definition) is 8. The van der Waals surface area contributed by atoms with Crippen molar-refractivity contribution in [2.24, 2.45) is 0 Å². The first kappa shape index (κ1) is 32.6. The lowest BCUT2D eigenvalue weighted by atomic mass is 9.93. The van der Waals surface area contributed by atoms with E-state index in [9.17, 15) is 24.3 Å². The molecule has 0 fully saturated rings. The van der Waals surface area contributed by atoms with Crippen LogP contribution in [-0.2, 0) is 43.2 Å². The van der Waals surface area contributed by atoms with Crippen LogP contribution in [0.4, 0.5) is 5.69 Å². The molecule has 4 aromatic carbocycles. The molecule has 0 saturated heterocycles. The van der Waals surface area contributed by atoms with Gasteiger partial charge in [-0.15, -0.1) is 0 Å². The minimum absolute atomic E-state index is 0.0106. The zero-order chi connectivity index (χ0) is 33.3. The summed E-state index contributed by atoms with van der Waals surface area (Å²) in [5, 5.41) is 18.6. The molecule has 11 nitrogen and oxygen atoms in total. The maximum atomic E-state index is 14.0. The van der Waals surface area contributed by atoms with Crippen LogP contribution >= 0.6 is 0 Å². The summed E-state index contributed by atoms with van der Waals surface area (Å²) in [4.78, 5) is 53.5. The van der Waals surface area contributed by atoms with Gasteiger partial charge < -0.3 is 35.3 Å². The SMILES string of the molecule is COc1ccc(CC(=O)N[C@@H](Cc2ccccc2)C(=O)N[C@H]2c3cc(O)ccc3NC(=O)[C@@H]2OC(=O)Cc2ccc(OC)cc2)cc1. The van der Waals surface area contributed by atoms with E-state index in [0.29, 0.717) is 28.3 Å². The van der Waals surface area contributed by atoms with Crippen LogP contribution in [-0.4, -0.2) is 55.2 Å². The van der Waals surface area contributed by atoms with Crippen molar-refractivity contribution in [3.63, 3.8) is 0 Å². The largest absolute Gasteiger partial charge is 0.508 e. The van der Waals surface area contributed by atoms with E-state index in [2.05, 4.69) is 16.0 Å². The van der Waals surface area contributed by atoms with Gasteiger partial charge in [0.15, 0.2) is 0 Å². The number of phenolic OH excluding ortho intramolecular Hbond substituents is 1. The summed E-state index contributed by atoms with van der Waals surface area (Å²) in [5.74, 6) is -1.20. The van der Waals surface area contributed by atoms with Crippen LogP contribution < -0.4 is 25.4 Å². The lowest BCUT2D eigenvalue weighted by Gasteiger charge is -2.34. The smallest absolute Gasteiger partial charge is 0.311 e. The molecule has 47 heavy (non-hydrogen) atoms. The van der Waals surface area contributed by atoms with Crippen molar-refractivity contribution in [2.75, 3.05) is 19.5 Å². The Morgan fingerprint density at radius 2 is 1.43 bits per heavy atom. The molecule has 1 aliphatic rings. The summed E-state index contributed by atoms with van der Waals surface area (Å²) in [7, 11) is 3.09. The van der Waals surface area contributed by atoms with Gasteiger partial charge in [-0.25, -0.2) is 0 Å². The van der Waals surface area contributed by atoms with E-state index in [-0.39, 0.29) is 25.0 Å². The van der Waals surface area contributed by atoms with Crippen molar-refractivity contribution in [2.45, 2.75) is 37.5 Å². The first-order valence-electron chi connectivity index (χ1n) is 14.9. The Kier molecular flexibility index (Phi) is 10.4. The van der Waals surface area contributed by atoms with Gasteiger partial charge in [-0.2, -0.15) is 0 Å². The number of aromatic hydroxyl groups is 1. The molecular weight excluding hydrogens is 602 g/mol. The van der Waals surface area contributed by atoms with Gasteiger partial charge in [-0.05, 0) is 59.2 Å². The molecule has 1 heterocycles. The molecular formula is C36H35N3O8. The van der Waals surface area contributed by atoms with Crippen LogP contribution in [0.2, 0.25) is 0 Å². The first-order valence-corrected chi connectivity index (χ1v) is 14.9. The summed E-state index contributed by atoms with van der Waals surface area (Å²) in [6.07, 6.45) is -1.45. The highest BCUT2D eigenvalue weighted by molar-refractivity contribution is 6.00. The van der Waals surface area contributed by atoms with Crippen LogP contribution in [0.25, 0.3) is 0 Å². The topological polar surface area (TPSA) is 152 Å². The fourth-order valence-corrected chi connectivity index (χ4v) is 5.29. The van der Waals surface area contributed by atoms with Crippen molar-refractivity contribution >= 4 is 29.4 Å². The lowest BCUT2D eigenvalue weighted by Crippen LogP contribution is -2.54. The number of amides is 3. The van der Waals surface area contributed by atoms with E-state index in [0.717, 1.165) is 11.1 Å². The van der Waals surface area contributed by atoms with E-state index >= 15 is 0 Å². The number of nitrogens with one attached hydrogen (secondary N) is 3. The van der Waals surface area contributed by atoms with Gasteiger partial charge in [-0.1, -0.05) is 54.6 Å². The first-order chi connectivity index (χ1) is 22.7. The average molecular weight is 638 g/mol. The second kappa shape index (κ2) is 15.0. The van der Waals surface area contributed by atoms with Crippen molar-refractivity contribution in [1.82, 2.24) is 10.6 Å². The highest BCUT2D eigenvalue weighted by Gasteiger charge is 2.41. The maximum absolute atomic E-state index is 14.0. The van der Waals surface area contributed by atoms with Gasteiger partial charge in [0, 0.05) is 17.7 Å². The van der Waals surface area contributed by atoms with Crippen LogP contribution in [0.15, 0.2) is 97.1 Å².